The smallest absolute Gasteiger partial charge is 0.142 e. The standard InChI is InChI=1S/C14H21NO2/c1-2-17-14-10-6-4-8-12(14)15-11-7-3-5-9-13(11)16/h4,6,8,10-11,13,15-16H,2-3,5,7,9H2,1H3/t11-,13-/m1/s1. The van der Waals surface area contributed by atoms with Gasteiger partial charge in [-0.1, -0.05) is 25.0 Å². The maximum absolute atomic E-state index is 9.95. The Bertz CT molecular complexity index is 354. The molecule has 1 saturated carbocycles. The predicted octanol–water partition coefficient (Wildman–Crippen LogP) is 2.80. The van der Waals surface area contributed by atoms with Crippen LogP contribution in [0, 0.1) is 0 Å². The van der Waals surface area contributed by atoms with Gasteiger partial charge in [-0.15, -0.1) is 0 Å². The number of anilines is 1. The Morgan fingerprint density at radius 3 is 2.82 bits per heavy atom. The van der Waals surface area contributed by atoms with E-state index in [4.69, 9.17) is 4.74 Å². The van der Waals surface area contributed by atoms with Crippen LogP contribution >= 0.6 is 0 Å². The molecule has 0 radical (unpaired) electrons. The van der Waals surface area contributed by atoms with Gasteiger partial charge >= 0.3 is 0 Å². The largest absolute Gasteiger partial charge is 0.492 e. The summed E-state index contributed by atoms with van der Waals surface area (Å²) in [7, 11) is 0. The Morgan fingerprint density at radius 1 is 1.29 bits per heavy atom. The van der Waals surface area contributed by atoms with Crippen LogP contribution < -0.4 is 10.1 Å². The SMILES string of the molecule is CCOc1ccccc1N[C@@H]1CCCC[C@H]1O. The number of rotatable bonds is 4. The van der Waals surface area contributed by atoms with Crippen molar-refractivity contribution in [3.8, 4) is 5.75 Å². The molecular weight excluding hydrogens is 214 g/mol. The van der Waals surface area contributed by atoms with E-state index in [1.165, 1.54) is 6.42 Å². The lowest BCUT2D eigenvalue weighted by atomic mass is 9.92. The fourth-order valence-electron chi connectivity index (χ4n) is 2.35. The molecule has 1 aliphatic rings. The van der Waals surface area contributed by atoms with Gasteiger partial charge in [-0.25, -0.2) is 0 Å². The van der Waals surface area contributed by atoms with Gasteiger partial charge in [0, 0.05) is 0 Å². The molecular formula is C14H21NO2. The molecule has 0 bridgehead atoms. The number of aliphatic hydroxyl groups is 1. The zero-order chi connectivity index (χ0) is 12.1. The number of benzene rings is 1. The Balaban J connectivity index is 2.06. The van der Waals surface area contributed by atoms with E-state index in [0.29, 0.717) is 6.61 Å². The summed E-state index contributed by atoms with van der Waals surface area (Å²) in [5, 5.41) is 13.4. The molecule has 0 unspecified atom stereocenters. The summed E-state index contributed by atoms with van der Waals surface area (Å²) < 4.78 is 5.57. The topological polar surface area (TPSA) is 41.5 Å². The Kier molecular flexibility index (Phi) is 4.26. The second-order valence-electron chi connectivity index (χ2n) is 4.53. The summed E-state index contributed by atoms with van der Waals surface area (Å²) in [5.74, 6) is 0.868. The highest BCUT2D eigenvalue weighted by atomic mass is 16.5. The second kappa shape index (κ2) is 5.92. The fraction of sp³-hybridized carbons (Fsp3) is 0.571. The number of nitrogens with one attached hydrogen (secondary N) is 1. The fourth-order valence-corrected chi connectivity index (χ4v) is 2.35. The third-order valence-corrected chi connectivity index (χ3v) is 3.26. The quantitative estimate of drug-likeness (QED) is 0.843. The van der Waals surface area contributed by atoms with Crippen LogP contribution in [0.5, 0.6) is 5.75 Å². The van der Waals surface area contributed by atoms with Crippen molar-refractivity contribution in [2.45, 2.75) is 44.8 Å². The van der Waals surface area contributed by atoms with E-state index >= 15 is 0 Å². The van der Waals surface area contributed by atoms with E-state index < -0.39 is 0 Å². The average Bonchev–Trinajstić information content (AvgIpc) is 2.35. The van der Waals surface area contributed by atoms with Crippen molar-refractivity contribution in [3.63, 3.8) is 0 Å². The molecule has 0 aliphatic heterocycles. The zero-order valence-corrected chi connectivity index (χ0v) is 10.4. The molecule has 1 fully saturated rings. The van der Waals surface area contributed by atoms with E-state index in [2.05, 4.69) is 5.32 Å². The van der Waals surface area contributed by atoms with Gasteiger partial charge in [0.2, 0.25) is 0 Å². The maximum Gasteiger partial charge on any atom is 0.142 e. The Morgan fingerprint density at radius 2 is 2.06 bits per heavy atom. The molecule has 1 aromatic carbocycles. The van der Waals surface area contributed by atoms with E-state index in [1.54, 1.807) is 0 Å². The average molecular weight is 235 g/mol. The van der Waals surface area contributed by atoms with Crippen LogP contribution in [0.1, 0.15) is 32.6 Å². The second-order valence-corrected chi connectivity index (χ2v) is 4.53. The lowest BCUT2D eigenvalue weighted by Crippen LogP contribution is -2.36. The number of hydrogen-bond acceptors (Lipinski definition) is 3. The van der Waals surface area contributed by atoms with Crippen molar-refractivity contribution >= 4 is 5.69 Å². The van der Waals surface area contributed by atoms with E-state index in [-0.39, 0.29) is 12.1 Å². The summed E-state index contributed by atoms with van der Waals surface area (Å²) >= 11 is 0. The molecule has 3 heteroatoms. The van der Waals surface area contributed by atoms with Gasteiger partial charge in [0.25, 0.3) is 0 Å². The first-order valence-corrected chi connectivity index (χ1v) is 6.47. The molecule has 1 aromatic rings. The van der Waals surface area contributed by atoms with E-state index in [1.807, 2.05) is 31.2 Å². The first-order chi connectivity index (χ1) is 8.31. The highest BCUT2D eigenvalue weighted by molar-refractivity contribution is 5.56. The molecule has 1 aliphatic carbocycles. The molecule has 2 N–H and O–H groups in total. The molecule has 0 saturated heterocycles. The normalized spacial score (nSPS) is 24.4. The van der Waals surface area contributed by atoms with Crippen LogP contribution in [0.3, 0.4) is 0 Å². The minimum Gasteiger partial charge on any atom is -0.492 e. The molecule has 94 valence electrons. The van der Waals surface area contributed by atoms with Crippen LogP contribution in [0.15, 0.2) is 24.3 Å². The molecule has 0 heterocycles. The summed E-state index contributed by atoms with van der Waals surface area (Å²) in [5.41, 5.74) is 0.986. The van der Waals surface area contributed by atoms with Crippen molar-refractivity contribution in [2.75, 3.05) is 11.9 Å². The number of aliphatic hydroxyl groups excluding tert-OH is 1. The monoisotopic (exact) mass is 235 g/mol. The van der Waals surface area contributed by atoms with Crippen LogP contribution in [0.4, 0.5) is 5.69 Å². The Labute approximate surface area is 103 Å². The van der Waals surface area contributed by atoms with Gasteiger partial charge in [0.05, 0.1) is 24.4 Å². The van der Waals surface area contributed by atoms with Gasteiger partial charge in [-0.3, -0.25) is 0 Å². The maximum atomic E-state index is 9.95. The van der Waals surface area contributed by atoms with E-state index in [9.17, 15) is 5.11 Å². The molecule has 3 nitrogen and oxygen atoms in total. The Hall–Kier alpha value is -1.22. The molecule has 0 aromatic heterocycles. The van der Waals surface area contributed by atoms with Gasteiger partial charge in [-0.2, -0.15) is 0 Å². The van der Waals surface area contributed by atoms with Crippen LogP contribution in [-0.2, 0) is 0 Å². The lowest BCUT2D eigenvalue weighted by molar-refractivity contribution is 0.116. The molecule has 0 amide bonds. The third kappa shape index (κ3) is 3.13. The highest BCUT2D eigenvalue weighted by Gasteiger charge is 2.23. The van der Waals surface area contributed by atoms with Gasteiger partial charge in [0.15, 0.2) is 0 Å². The van der Waals surface area contributed by atoms with Gasteiger partial charge < -0.3 is 15.2 Å². The number of ether oxygens (including phenoxy) is 1. The first kappa shape index (κ1) is 12.2. The molecule has 17 heavy (non-hydrogen) atoms. The molecule has 2 atom stereocenters. The zero-order valence-electron chi connectivity index (χ0n) is 10.4. The van der Waals surface area contributed by atoms with Crippen molar-refractivity contribution < 1.29 is 9.84 Å². The van der Waals surface area contributed by atoms with Crippen LogP contribution in [0.25, 0.3) is 0 Å². The van der Waals surface area contributed by atoms with Gasteiger partial charge in [0.1, 0.15) is 5.75 Å². The summed E-state index contributed by atoms with van der Waals surface area (Å²) in [4.78, 5) is 0. The van der Waals surface area contributed by atoms with E-state index in [0.717, 1.165) is 30.7 Å². The lowest BCUT2D eigenvalue weighted by Gasteiger charge is -2.29. The van der Waals surface area contributed by atoms with Crippen molar-refractivity contribution in [1.82, 2.24) is 0 Å². The highest BCUT2D eigenvalue weighted by Crippen LogP contribution is 2.28. The minimum atomic E-state index is -0.238. The number of hydrogen-bond donors (Lipinski definition) is 2. The molecule has 2 rings (SSSR count). The van der Waals surface area contributed by atoms with Crippen LogP contribution in [-0.4, -0.2) is 23.9 Å². The van der Waals surface area contributed by atoms with Gasteiger partial charge in [-0.05, 0) is 31.9 Å². The van der Waals surface area contributed by atoms with Crippen molar-refractivity contribution in [1.29, 1.82) is 0 Å². The van der Waals surface area contributed by atoms with Crippen molar-refractivity contribution in [2.24, 2.45) is 0 Å². The van der Waals surface area contributed by atoms with Crippen LogP contribution in [0.2, 0.25) is 0 Å². The summed E-state index contributed by atoms with van der Waals surface area (Å²) in [6.07, 6.45) is 4.01. The number of para-hydroxylation sites is 2. The predicted molar refractivity (Wildman–Crippen MR) is 69.5 cm³/mol. The first-order valence-electron chi connectivity index (χ1n) is 6.47. The third-order valence-electron chi connectivity index (χ3n) is 3.26. The minimum absolute atomic E-state index is 0.158. The molecule has 0 spiro atoms. The summed E-state index contributed by atoms with van der Waals surface area (Å²) in [6.45, 7) is 2.64. The summed E-state index contributed by atoms with van der Waals surface area (Å²) in [6, 6.07) is 8.08. The van der Waals surface area contributed by atoms with Crippen molar-refractivity contribution in [3.05, 3.63) is 24.3 Å².